The molecule has 0 aliphatic carbocycles. The van der Waals surface area contributed by atoms with Gasteiger partial charge in [-0.2, -0.15) is 11.8 Å². The van der Waals surface area contributed by atoms with E-state index in [1.165, 1.54) is 5.69 Å². The number of anilines is 2. The number of hydrogen-bond acceptors (Lipinski definition) is 4. The number of carbonyl (C=O) groups excluding carboxylic acids is 2. The molecule has 2 heterocycles. The van der Waals surface area contributed by atoms with Crippen LogP contribution in [0.15, 0.2) is 54.6 Å². The Kier molecular flexibility index (Phi) is 6.24. The summed E-state index contributed by atoms with van der Waals surface area (Å²) >= 11 is 1.88. The molecular formula is C22H26N4O2S. The Labute approximate surface area is 175 Å². The van der Waals surface area contributed by atoms with E-state index < -0.39 is 0 Å². The number of nitrogens with one attached hydrogen (secondary N) is 1. The molecule has 0 unspecified atom stereocenters. The van der Waals surface area contributed by atoms with E-state index in [1.807, 2.05) is 51.9 Å². The topological polar surface area (TPSA) is 55.9 Å². The minimum absolute atomic E-state index is 0.0696. The first-order valence-electron chi connectivity index (χ1n) is 10.0. The van der Waals surface area contributed by atoms with Crippen molar-refractivity contribution >= 4 is 35.1 Å². The summed E-state index contributed by atoms with van der Waals surface area (Å²) in [5.41, 5.74) is 2.58. The lowest BCUT2D eigenvalue weighted by atomic mass is 10.1. The molecule has 3 amide bonds. The zero-order valence-corrected chi connectivity index (χ0v) is 17.2. The Morgan fingerprint density at radius 3 is 2.07 bits per heavy atom. The second-order valence-electron chi connectivity index (χ2n) is 7.22. The predicted molar refractivity (Wildman–Crippen MR) is 119 cm³/mol. The van der Waals surface area contributed by atoms with Gasteiger partial charge >= 0.3 is 6.03 Å². The predicted octanol–water partition coefficient (Wildman–Crippen LogP) is 3.23. The van der Waals surface area contributed by atoms with Crippen LogP contribution in [-0.2, 0) is 0 Å². The molecule has 2 fully saturated rings. The van der Waals surface area contributed by atoms with Gasteiger partial charge in [0.25, 0.3) is 5.91 Å². The van der Waals surface area contributed by atoms with Gasteiger partial charge in [-0.25, -0.2) is 4.79 Å². The van der Waals surface area contributed by atoms with Crippen molar-refractivity contribution in [3.8, 4) is 0 Å². The lowest BCUT2D eigenvalue weighted by Crippen LogP contribution is -2.50. The van der Waals surface area contributed by atoms with Gasteiger partial charge in [-0.3, -0.25) is 4.79 Å². The number of benzene rings is 2. The molecule has 2 aromatic rings. The number of hydrogen-bond donors (Lipinski definition) is 1. The third-order valence-corrected chi connectivity index (χ3v) is 6.31. The van der Waals surface area contributed by atoms with Crippen LogP contribution in [0.4, 0.5) is 16.2 Å². The summed E-state index contributed by atoms with van der Waals surface area (Å²) in [5.74, 6) is 2.06. The fourth-order valence-electron chi connectivity index (χ4n) is 3.65. The molecule has 2 aliphatic heterocycles. The van der Waals surface area contributed by atoms with Crippen molar-refractivity contribution in [2.75, 3.05) is 61.0 Å². The second-order valence-corrected chi connectivity index (χ2v) is 8.45. The SMILES string of the molecule is O=C(Nc1ccc(C(=O)N2CCSCC2)cc1)N1CCN(c2ccccc2)CC1. The van der Waals surface area contributed by atoms with Crippen molar-refractivity contribution < 1.29 is 9.59 Å². The normalized spacial score (nSPS) is 17.2. The van der Waals surface area contributed by atoms with Crippen molar-refractivity contribution in [1.82, 2.24) is 9.80 Å². The molecule has 0 spiro atoms. The van der Waals surface area contributed by atoms with E-state index in [4.69, 9.17) is 0 Å². The van der Waals surface area contributed by atoms with Gasteiger partial charge in [-0.15, -0.1) is 0 Å². The molecule has 152 valence electrons. The van der Waals surface area contributed by atoms with Gasteiger partial charge in [-0.1, -0.05) is 18.2 Å². The summed E-state index contributed by atoms with van der Waals surface area (Å²) in [6, 6.07) is 17.4. The fraction of sp³-hybridized carbons (Fsp3) is 0.364. The minimum atomic E-state index is -0.0927. The van der Waals surface area contributed by atoms with E-state index in [2.05, 4.69) is 22.3 Å². The number of piperazine rings is 1. The highest BCUT2D eigenvalue weighted by atomic mass is 32.2. The molecule has 4 rings (SSSR count). The second kappa shape index (κ2) is 9.22. The molecular weight excluding hydrogens is 384 g/mol. The average Bonchev–Trinajstić information content (AvgIpc) is 2.80. The number of nitrogens with zero attached hydrogens (tertiary/aromatic N) is 3. The molecule has 6 nitrogen and oxygen atoms in total. The summed E-state index contributed by atoms with van der Waals surface area (Å²) in [6.07, 6.45) is 0. The number of para-hydroxylation sites is 1. The quantitative estimate of drug-likeness (QED) is 0.844. The van der Waals surface area contributed by atoms with E-state index in [0.717, 1.165) is 37.7 Å². The molecule has 2 aliphatic rings. The number of carbonyl (C=O) groups is 2. The van der Waals surface area contributed by atoms with Crippen molar-refractivity contribution in [2.24, 2.45) is 0 Å². The Morgan fingerprint density at radius 2 is 1.41 bits per heavy atom. The third-order valence-electron chi connectivity index (χ3n) is 5.37. The van der Waals surface area contributed by atoms with Gasteiger partial charge in [0.2, 0.25) is 0 Å². The van der Waals surface area contributed by atoms with Gasteiger partial charge in [0.15, 0.2) is 0 Å². The molecule has 1 N–H and O–H groups in total. The smallest absolute Gasteiger partial charge is 0.321 e. The van der Waals surface area contributed by atoms with Crippen LogP contribution >= 0.6 is 11.8 Å². The van der Waals surface area contributed by atoms with Crippen LogP contribution in [0.2, 0.25) is 0 Å². The largest absolute Gasteiger partial charge is 0.368 e. The molecule has 2 saturated heterocycles. The Morgan fingerprint density at radius 1 is 0.759 bits per heavy atom. The van der Waals surface area contributed by atoms with Crippen LogP contribution in [0.5, 0.6) is 0 Å². The molecule has 7 heteroatoms. The zero-order chi connectivity index (χ0) is 20.1. The summed E-state index contributed by atoms with van der Waals surface area (Å²) in [5, 5.41) is 2.95. The maximum atomic E-state index is 12.6. The first-order chi connectivity index (χ1) is 14.2. The number of urea groups is 1. The van der Waals surface area contributed by atoms with Crippen molar-refractivity contribution in [2.45, 2.75) is 0 Å². The van der Waals surface area contributed by atoms with Gasteiger partial charge in [0.1, 0.15) is 0 Å². The molecule has 0 saturated carbocycles. The van der Waals surface area contributed by atoms with Crippen LogP contribution in [0, 0.1) is 0 Å². The standard InChI is InChI=1S/C22H26N4O2S/c27-21(25-14-16-29-17-15-25)18-6-8-19(9-7-18)23-22(28)26-12-10-24(11-13-26)20-4-2-1-3-5-20/h1-9H,10-17H2,(H,23,28). The minimum Gasteiger partial charge on any atom is -0.368 e. The van der Waals surface area contributed by atoms with Gasteiger partial charge in [0, 0.05) is 67.7 Å². The number of thioether (sulfide) groups is 1. The maximum absolute atomic E-state index is 12.6. The molecule has 29 heavy (non-hydrogen) atoms. The van der Waals surface area contributed by atoms with Crippen LogP contribution in [0.25, 0.3) is 0 Å². The molecule has 0 atom stereocenters. The Balaban J connectivity index is 1.29. The number of rotatable bonds is 3. The lowest BCUT2D eigenvalue weighted by Gasteiger charge is -2.36. The van der Waals surface area contributed by atoms with E-state index in [0.29, 0.717) is 24.3 Å². The summed E-state index contributed by atoms with van der Waals surface area (Å²) in [6.45, 7) is 4.61. The van der Waals surface area contributed by atoms with Crippen LogP contribution in [-0.4, -0.2) is 72.5 Å². The summed E-state index contributed by atoms with van der Waals surface area (Å²) in [4.78, 5) is 31.2. The van der Waals surface area contributed by atoms with Gasteiger partial charge in [-0.05, 0) is 36.4 Å². The van der Waals surface area contributed by atoms with Crippen molar-refractivity contribution in [1.29, 1.82) is 0 Å². The van der Waals surface area contributed by atoms with Gasteiger partial charge < -0.3 is 20.0 Å². The Hall–Kier alpha value is -2.67. The molecule has 0 aromatic heterocycles. The van der Waals surface area contributed by atoms with E-state index in [-0.39, 0.29) is 11.9 Å². The number of amides is 3. The lowest BCUT2D eigenvalue weighted by molar-refractivity contribution is 0.0772. The summed E-state index contributed by atoms with van der Waals surface area (Å²) < 4.78 is 0. The first kappa shape index (κ1) is 19.6. The first-order valence-corrected chi connectivity index (χ1v) is 11.2. The summed E-state index contributed by atoms with van der Waals surface area (Å²) in [7, 11) is 0. The Bertz CT molecular complexity index is 830. The fourth-order valence-corrected chi connectivity index (χ4v) is 4.56. The maximum Gasteiger partial charge on any atom is 0.321 e. The third kappa shape index (κ3) is 4.85. The van der Waals surface area contributed by atoms with Crippen LogP contribution in [0.1, 0.15) is 10.4 Å². The van der Waals surface area contributed by atoms with Gasteiger partial charge in [0.05, 0.1) is 0 Å². The van der Waals surface area contributed by atoms with Crippen LogP contribution < -0.4 is 10.2 Å². The molecule has 0 bridgehead atoms. The van der Waals surface area contributed by atoms with Crippen molar-refractivity contribution in [3.63, 3.8) is 0 Å². The van der Waals surface area contributed by atoms with E-state index >= 15 is 0 Å². The monoisotopic (exact) mass is 410 g/mol. The zero-order valence-electron chi connectivity index (χ0n) is 16.4. The van der Waals surface area contributed by atoms with E-state index in [1.54, 1.807) is 12.1 Å². The molecule has 2 aromatic carbocycles. The highest BCUT2D eigenvalue weighted by Gasteiger charge is 2.22. The van der Waals surface area contributed by atoms with Crippen molar-refractivity contribution in [3.05, 3.63) is 60.2 Å². The highest BCUT2D eigenvalue weighted by molar-refractivity contribution is 7.99. The average molecular weight is 411 g/mol. The highest BCUT2D eigenvalue weighted by Crippen LogP contribution is 2.18. The van der Waals surface area contributed by atoms with E-state index in [9.17, 15) is 9.59 Å². The van der Waals surface area contributed by atoms with Crippen LogP contribution in [0.3, 0.4) is 0 Å². The molecule has 0 radical (unpaired) electrons.